The molecular weight excluding hydrogens is 280 g/mol. The van der Waals surface area contributed by atoms with Crippen LogP contribution in [0.4, 0.5) is 0 Å². The first-order valence-corrected chi connectivity index (χ1v) is 8.33. The van der Waals surface area contributed by atoms with Gasteiger partial charge in [-0.2, -0.15) is 0 Å². The zero-order chi connectivity index (χ0) is 16.2. The maximum Gasteiger partial charge on any atom is 0.237 e. The molecule has 3 N–H and O–H groups in total. The Morgan fingerprint density at radius 1 is 1.33 bits per heavy atom. The number of hydrogen-bond donors (Lipinski definition) is 2. The number of aryl methyl sites for hydroxylation is 2. The number of carbonyl (C=O) groups is 1. The molecule has 0 aliphatic heterocycles. The van der Waals surface area contributed by atoms with Crippen LogP contribution in [0, 0.1) is 13.8 Å². The third-order valence-corrected chi connectivity index (χ3v) is 4.78. The van der Waals surface area contributed by atoms with E-state index in [1.165, 1.54) is 16.0 Å². The zero-order valence-electron chi connectivity index (χ0n) is 14.0. The van der Waals surface area contributed by atoms with Crippen LogP contribution in [-0.4, -0.2) is 22.7 Å². The number of amides is 1. The summed E-state index contributed by atoms with van der Waals surface area (Å²) in [6.07, 6.45) is 0.707. The zero-order valence-corrected chi connectivity index (χ0v) is 14.8. The van der Waals surface area contributed by atoms with E-state index < -0.39 is 5.54 Å². The molecule has 0 aliphatic carbocycles. The predicted octanol–water partition coefficient (Wildman–Crippen LogP) is 3.42. The Morgan fingerprint density at radius 2 is 1.95 bits per heavy atom. The van der Waals surface area contributed by atoms with Crippen molar-refractivity contribution in [2.45, 2.75) is 69.7 Å². The van der Waals surface area contributed by atoms with Crippen LogP contribution < -0.4 is 11.1 Å². The van der Waals surface area contributed by atoms with E-state index in [9.17, 15) is 4.79 Å². The first kappa shape index (κ1) is 18.1. The van der Waals surface area contributed by atoms with Crippen molar-refractivity contribution < 1.29 is 4.79 Å². The van der Waals surface area contributed by atoms with E-state index in [2.05, 4.69) is 44.3 Å². The Hall–Kier alpha value is -1.00. The fourth-order valence-corrected chi connectivity index (χ4v) is 3.89. The number of nitrogens with two attached hydrogens (primary N) is 1. The second-order valence-electron chi connectivity index (χ2n) is 6.40. The lowest BCUT2D eigenvalue weighted by atomic mass is 9.94. The number of benzene rings is 1. The lowest BCUT2D eigenvalue weighted by Crippen LogP contribution is -2.56. The molecule has 0 aliphatic rings. The molecular formula is C17H28N2OS. The van der Waals surface area contributed by atoms with Crippen molar-refractivity contribution in [3.8, 4) is 0 Å². The number of thioether (sulfide) groups is 1. The van der Waals surface area contributed by atoms with Crippen LogP contribution in [0.25, 0.3) is 0 Å². The molecule has 0 fully saturated rings. The van der Waals surface area contributed by atoms with Crippen LogP contribution in [0.3, 0.4) is 0 Å². The summed E-state index contributed by atoms with van der Waals surface area (Å²) in [5.41, 5.74) is 7.47. The number of rotatable bonds is 7. The van der Waals surface area contributed by atoms with Crippen LogP contribution in [0.1, 0.15) is 45.2 Å². The lowest BCUT2D eigenvalue weighted by molar-refractivity contribution is -0.124. The highest BCUT2D eigenvalue weighted by atomic mass is 32.2. The van der Waals surface area contributed by atoms with Crippen molar-refractivity contribution >= 4 is 17.7 Å². The average molecular weight is 308 g/mol. The average Bonchev–Trinajstić information content (AvgIpc) is 2.32. The molecule has 1 aromatic carbocycles. The summed E-state index contributed by atoms with van der Waals surface area (Å²) in [4.78, 5) is 13.1. The first-order valence-electron chi connectivity index (χ1n) is 7.45. The van der Waals surface area contributed by atoms with Crippen molar-refractivity contribution in [3.05, 3.63) is 29.3 Å². The highest BCUT2D eigenvalue weighted by Crippen LogP contribution is 2.31. The minimum atomic E-state index is -0.668. The van der Waals surface area contributed by atoms with Gasteiger partial charge in [0.05, 0.1) is 5.54 Å². The molecule has 0 spiro atoms. The molecule has 21 heavy (non-hydrogen) atoms. The highest BCUT2D eigenvalue weighted by molar-refractivity contribution is 8.00. The van der Waals surface area contributed by atoms with E-state index in [-0.39, 0.29) is 11.9 Å². The van der Waals surface area contributed by atoms with Crippen molar-refractivity contribution in [2.75, 3.05) is 0 Å². The lowest BCUT2D eigenvalue weighted by Gasteiger charge is -2.32. The molecule has 3 nitrogen and oxygen atoms in total. The standard InChI is InChI=1S/C17H28N2OS/c1-11(2)19-17(6,16(18)20)10-14(5)21-15-9-12(3)7-8-13(15)4/h7-9,11,14,19H,10H2,1-6H3,(H2,18,20). The van der Waals surface area contributed by atoms with Crippen LogP contribution in [0.2, 0.25) is 0 Å². The molecule has 1 amide bonds. The van der Waals surface area contributed by atoms with Gasteiger partial charge in [0.1, 0.15) is 0 Å². The molecule has 118 valence electrons. The topological polar surface area (TPSA) is 55.1 Å². The molecule has 0 radical (unpaired) electrons. The number of hydrogen-bond acceptors (Lipinski definition) is 3. The Balaban J connectivity index is 2.81. The molecule has 0 saturated heterocycles. The Labute approximate surface area is 133 Å². The summed E-state index contributed by atoms with van der Waals surface area (Å²) in [7, 11) is 0. The second-order valence-corrected chi connectivity index (χ2v) is 7.88. The van der Waals surface area contributed by atoms with Gasteiger partial charge in [0, 0.05) is 16.2 Å². The minimum absolute atomic E-state index is 0.223. The SMILES string of the molecule is Cc1ccc(C)c(SC(C)CC(C)(NC(C)C)C(N)=O)c1. The Bertz CT molecular complexity index is 502. The predicted molar refractivity (Wildman–Crippen MR) is 91.7 cm³/mol. The van der Waals surface area contributed by atoms with Crippen LogP contribution in [0.5, 0.6) is 0 Å². The van der Waals surface area contributed by atoms with Crippen molar-refractivity contribution in [1.29, 1.82) is 0 Å². The number of carbonyl (C=O) groups excluding carboxylic acids is 1. The maximum absolute atomic E-state index is 11.8. The highest BCUT2D eigenvalue weighted by Gasteiger charge is 2.33. The van der Waals surface area contributed by atoms with Gasteiger partial charge in [0.25, 0.3) is 0 Å². The van der Waals surface area contributed by atoms with E-state index in [0.29, 0.717) is 11.7 Å². The largest absolute Gasteiger partial charge is 0.368 e. The summed E-state index contributed by atoms with van der Waals surface area (Å²) in [5.74, 6) is -0.287. The van der Waals surface area contributed by atoms with Gasteiger partial charge in [-0.15, -0.1) is 11.8 Å². The molecule has 0 saturated carbocycles. The monoisotopic (exact) mass is 308 g/mol. The smallest absolute Gasteiger partial charge is 0.237 e. The summed E-state index contributed by atoms with van der Waals surface area (Å²) >= 11 is 1.81. The van der Waals surface area contributed by atoms with Gasteiger partial charge < -0.3 is 11.1 Å². The molecule has 1 aromatic rings. The van der Waals surface area contributed by atoms with Gasteiger partial charge in [-0.3, -0.25) is 4.79 Å². The van der Waals surface area contributed by atoms with Crippen molar-refractivity contribution in [1.82, 2.24) is 5.32 Å². The second kappa shape index (κ2) is 7.32. The Kier molecular flexibility index (Phi) is 6.29. The molecule has 2 unspecified atom stereocenters. The van der Waals surface area contributed by atoms with Crippen molar-refractivity contribution in [3.63, 3.8) is 0 Å². The van der Waals surface area contributed by atoms with E-state index in [1.54, 1.807) is 0 Å². The maximum atomic E-state index is 11.8. The van der Waals surface area contributed by atoms with E-state index in [0.717, 1.165) is 0 Å². The number of primary amides is 1. The van der Waals surface area contributed by atoms with Gasteiger partial charge >= 0.3 is 0 Å². The van der Waals surface area contributed by atoms with Gasteiger partial charge in [0.2, 0.25) is 5.91 Å². The normalized spacial score (nSPS) is 15.8. The first-order chi connectivity index (χ1) is 9.64. The molecule has 0 aromatic heterocycles. The van der Waals surface area contributed by atoms with Gasteiger partial charge in [-0.1, -0.05) is 24.6 Å². The molecule has 4 heteroatoms. The molecule has 0 heterocycles. The quantitative estimate of drug-likeness (QED) is 0.759. The molecule has 2 atom stereocenters. The fourth-order valence-electron chi connectivity index (χ4n) is 2.54. The van der Waals surface area contributed by atoms with Crippen LogP contribution >= 0.6 is 11.8 Å². The summed E-state index contributed by atoms with van der Waals surface area (Å²) < 4.78 is 0. The molecule has 0 bridgehead atoms. The van der Waals surface area contributed by atoms with Crippen molar-refractivity contribution in [2.24, 2.45) is 5.73 Å². The van der Waals surface area contributed by atoms with Gasteiger partial charge in [0.15, 0.2) is 0 Å². The third kappa shape index (κ3) is 5.36. The van der Waals surface area contributed by atoms with E-state index in [1.807, 2.05) is 32.5 Å². The third-order valence-electron chi connectivity index (χ3n) is 3.52. The summed E-state index contributed by atoms with van der Waals surface area (Å²) in [6.45, 7) is 12.3. The molecule has 1 rings (SSSR count). The van der Waals surface area contributed by atoms with Crippen LogP contribution in [0.15, 0.2) is 23.1 Å². The number of nitrogens with one attached hydrogen (secondary N) is 1. The fraction of sp³-hybridized carbons (Fsp3) is 0.588. The van der Waals surface area contributed by atoms with Gasteiger partial charge in [-0.25, -0.2) is 0 Å². The minimum Gasteiger partial charge on any atom is -0.368 e. The van der Waals surface area contributed by atoms with Crippen LogP contribution in [-0.2, 0) is 4.79 Å². The summed E-state index contributed by atoms with van der Waals surface area (Å²) in [5, 5.41) is 3.61. The van der Waals surface area contributed by atoms with E-state index >= 15 is 0 Å². The Morgan fingerprint density at radius 3 is 2.48 bits per heavy atom. The van der Waals surface area contributed by atoms with Gasteiger partial charge in [-0.05, 0) is 52.7 Å². The summed E-state index contributed by atoms with van der Waals surface area (Å²) in [6, 6.07) is 6.69. The van der Waals surface area contributed by atoms with E-state index in [4.69, 9.17) is 5.73 Å².